The van der Waals surface area contributed by atoms with Crippen molar-refractivity contribution in [3.63, 3.8) is 0 Å². The van der Waals surface area contributed by atoms with Gasteiger partial charge in [-0.15, -0.1) is 0 Å². The summed E-state index contributed by atoms with van der Waals surface area (Å²) in [4.78, 5) is 2.88. The molecule has 0 aromatic heterocycles. The van der Waals surface area contributed by atoms with Gasteiger partial charge in [0.25, 0.3) is 0 Å². The summed E-state index contributed by atoms with van der Waals surface area (Å²) >= 11 is 0. The molecule has 4 rings (SSSR count). The molecular weight excluding hydrogens is 312 g/mol. The highest BCUT2D eigenvalue weighted by molar-refractivity contribution is 7.89. The van der Waals surface area contributed by atoms with E-state index in [1.807, 2.05) is 0 Å². The maximum Gasteiger partial charge on any atom is 0.243 e. The van der Waals surface area contributed by atoms with Crippen LogP contribution in [0.25, 0.3) is 0 Å². The summed E-state index contributed by atoms with van der Waals surface area (Å²) < 4.78 is 32.0. The highest BCUT2D eigenvalue weighted by Gasteiger charge is 2.45. The molecule has 0 N–H and O–H groups in total. The van der Waals surface area contributed by atoms with Gasteiger partial charge in [0, 0.05) is 32.2 Å². The molecule has 2 aliphatic heterocycles. The molecule has 2 heterocycles. The number of benzene rings is 1. The Balaban J connectivity index is 1.38. The Bertz CT molecular complexity index is 656. The van der Waals surface area contributed by atoms with E-state index in [0.29, 0.717) is 29.8 Å². The van der Waals surface area contributed by atoms with Crippen LogP contribution in [-0.2, 0) is 10.0 Å². The second kappa shape index (κ2) is 5.76. The highest BCUT2D eigenvalue weighted by atomic mass is 32.2. The van der Waals surface area contributed by atoms with Crippen LogP contribution >= 0.6 is 0 Å². The summed E-state index contributed by atoms with van der Waals surface area (Å²) in [6.07, 6.45) is 4.11. The van der Waals surface area contributed by atoms with Crippen LogP contribution < -0.4 is 4.74 Å². The number of fused-ring (bicyclic) bond motifs is 1. The molecule has 1 aliphatic carbocycles. The summed E-state index contributed by atoms with van der Waals surface area (Å²) in [5.41, 5.74) is 0. The number of hydrogen-bond acceptors (Lipinski definition) is 4. The molecule has 2 atom stereocenters. The van der Waals surface area contributed by atoms with Crippen LogP contribution in [0.4, 0.5) is 0 Å². The van der Waals surface area contributed by atoms with Crippen molar-refractivity contribution < 1.29 is 13.2 Å². The normalized spacial score (nSPS) is 29.4. The van der Waals surface area contributed by atoms with Crippen molar-refractivity contribution in [1.29, 1.82) is 0 Å². The topological polar surface area (TPSA) is 49.9 Å². The molecular formula is C17H24N2O3S. The molecule has 1 aromatic rings. The van der Waals surface area contributed by atoms with Gasteiger partial charge in [-0.3, -0.25) is 4.90 Å². The zero-order valence-electron chi connectivity index (χ0n) is 13.5. The Labute approximate surface area is 138 Å². The highest BCUT2D eigenvalue weighted by Crippen LogP contribution is 2.39. The number of nitrogens with zero attached hydrogens (tertiary/aromatic N) is 2. The van der Waals surface area contributed by atoms with E-state index in [4.69, 9.17) is 4.74 Å². The Kier molecular flexibility index (Phi) is 3.86. The fraction of sp³-hybridized carbons (Fsp3) is 0.647. The van der Waals surface area contributed by atoms with Crippen LogP contribution in [0.5, 0.6) is 5.75 Å². The van der Waals surface area contributed by atoms with Crippen molar-refractivity contribution in [2.24, 2.45) is 11.8 Å². The maximum atomic E-state index is 12.6. The molecule has 3 fully saturated rings. The Hall–Kier alpha value is -1.11. The van der Waals surface area contributed by atoms with Gasteiger partial charge in [0.2, 0.25) is 10.0 Å². The van der Waals surface area contributed by atoms with Crippen molar-refractivity contribution in [2.75, 3.05) is 33.3 Å². The van der Waals surface area contributed by atoms with Crippen molar-refractivity contribution in [3.05, 3.63) is 24.3 Å². The largest absolute Gasteiger partial charge is 0.497 e. The van der Waals surface area contributed by atoms with Crippen LogP contribution in [0.3, 0.4) is 0 Å². The molecule has 0 amide bonds. The fourth-order valence-corrected chi connectivity index (χ4v) is 5.82. The van der Waals surface area contributed by atoms with E-state index in [2.05, 4.69) is 4.90 Å². The van der Waals surface area contributed by atoms with Gasteiger partial charge in [-0.25, -0.2) is 8.42 Å². The standard InChI is InChI=1S/C17H24N2O3S/c1-22-16-5-7-17(8-6-16)23(20,21)19-11-15(12-19)18-9-13-3-2-4-14(13)10-18/h5-8,13-15H,2-4,9-12H2,1H3. The summed E-state index contributed by atoms with van der Waals surface area (Å²) in [6, 6.07) is 7.06. The number of likely N-dealkylation sites (tertiary alicyclic amines) is 1. The Morgan fingerprint density at radius 3 is 2.17 bits per heavy atom. The third-order valence-electron chi connectivity index (χ3n) is 5.80. The first-order valence-electron chi connectivity index (χ1n) is 8.46. The van der Waals surface area contributed by atoms with Gasteiger partial charge in [-0.2, -0.15) is 4.31 Å². The van der Waals surface area contributed by atoms with Crippen LogP contribution in [0.15, 0.2) is 29.2 Å². The zero-order chi connectivity index (χ0) is 16.0. The zero-order valence-corrected chi connectivity index (χ0v) is 14.3. The van der Waals surface area contributed by atoms with E-state index in [0.717, 1.165) is 11.8 Å². The predicted molar refractivity (Wildman–Crippen MR) is 87.9 cm³/mol. The summed E-state index contributed by atoms with van der Waals surface area (Å²) in [5.74, 6) is 2.40. The summed E-state index contributed by atoms with van der Waals surface area (Å²) in [6.45, 7) is 3.61. The van der Waals surface area contributed by atoms with Crippen molar-refractivity contribution in [1.82, 2.24) is 9.21 Å². The van der Waals surface area contributed by atoms with E-state index in [1.165, 1.54) is 32.4 Å². The van der Waals surface area contributed by atoms with Crippen LogP contribution in [0, 0.1) is 11.8 Å². The first-order valence-corrected chi connectivity index (χ1v) is 9.90. The number of rotatable bonds is 4. The molecule has 6 heteroatoms. The third kappa shape index (κ3) is 2.66. The average Bonchev–Trinajstić information content (AvgIpc) is 3.07. The van der Waals surface area contributed by atoms with Gasteiger partial charge in [-0.1, -0.05) is 6.42 Å². The minimum Gasteiger partial charge on any atom is -0.497 e. The molecule has 0 radical (unpaired) electrons. The molecule has 2 saturated heterocycles. The molecule has 126 valence electrons. The van der Waals surface area contributed by atoms with Crippen LogP contribution in [0.2, 0.25) is 0 Å². The summed E-state index contributed by atoms with van der Waals surface area (Å²) in [7, 11) is -1.78. The van der Waals surface area contributed by atoms with E-state index in [1.54, 1.807) is 35.7 Å². The Morgan fingerprint density at radius 2 is 1.61 bits per heavy atom. The molecule has 2 unspecified atom stereocenters. The quantitative estimate of drug-likeness (QED) is 0.841. The second-order valence-electron chi connectivity index (χ2n) is 7.06. The molecule has 5 nitrogen and oxygen atoms in total. The molecule has 0 bridgehead atoms. The number of methoxy groups -OCH3 is 1. The van der Waals surface area contributed by atoms with Gasteiger partial charge in [0.05, 0.1) is 12.0 Å². The molecule has 3 aliphatic rings. The minimum absolute atomic E-state index is 0.357. The summed E-state index contributed by atoms with van der Waals surface area (Å²) in [5, 5.41) is 0. The van der Waals surface area contributed by atoms with Gasteiger partial charge in [-0.05, 0) is 48.9 Å². The molecule has 1 saturated carbocycles. The SMILES string of the molecule is COc1ccc(S(=O)(=O)N2CC(N3CC4CCCC4C3)C2)cc1. The van der Waals surface area contributed by atoms with E-state index in [9.17, 15) is 8.42 Å². The van der Waals surface area contributed by atoms with E-state index >= 15 is 0 Å². The van der Waals surface area contributed by atoms with Crippen LogP contribution in [-0.4, -0.2) is 57.0 Å². The van der Waals surface area contributed by atoms with Gasteiger partial charge in [0.1, 0.15) is 5.75 Å². The second-order valence-corrected chi connectivity index (χ2v) is 8.99. The number of hydrogen-bond donors (Lipinski definition) is 0. The molecule has 23 heavy (non-hydrogen) atoms. The minimum atomic E-state index is -3.36. The van der Waals surface area contributed by atoms with Crippen molar-refractivity contribution in [3.8, 4) is 5.75 Å². The lowest BCUT2D eigenvalue weighted by atomic mass is 10.0. The number of ether oxygens (including phenoxy) is 1. The van der Waals surface area contributed by atoms with Crippen LogP contribution in [0.1, 0.15) is 19.3 Å². The smallest absolute Gasteiger partial charge is 0.243 e. The lowest BCUT2D eigenvalue weighted by Gasteiger charge is -2.43. The molecule has 1 aromatic carbocycles. The number of sulfonamides is 1. The lowest BCUT2D eigenvalue weighted by Crippen LogP contribution is -2.60. The Morgan fingerprint density at radius 1 is 1.00 bits per heavy atom. The fourth-order valence-electron chi connectivity index (χ4n) is 4.31. The van der Waals surface area contributed by atoms with E-state index < -0.39 is 10.0 Å². The first-order chi connectivity index (χ1) is 11.1. The predicted octanol–water partition coefficient (Wildman–Crippen LogP) is 1.80. The van der Waals surface area contributed by atoms with Gasteiger partial charge < -0.3 is 4.74 Å². The lowest BCUT2D eigenvalue weighted by molar-refractivity contribution is 0.102. The maximum absolute atomic E-state index is 12.6. The van der Waals surface area contributed by atoms with Gasteiger partial charge >= 0.3 is 0 Å². The molecule has 0 spiro atoms. The third-order valence-corrected chi connectivity index (χ3v) is 7.64. The van der Waals surface area contributed by atoms with Crippen molar-refractivity contribution in [2.45, 2.75) is 30.2 Å². The monoisotopic (exact) mass is 336 g/mol. The first kappa shape index (κ1) is 15.4. The van der Waals surface area contributed by atoms with Crippen molar-refractivity contribution >= 4 is 10.0 Å². The average molecular weight is 336 g/mol. The van der Waals surface area contributed by atoms with E-state index in [-0.39, 0.29) is 0 Å². The van der Waals surface area contributed by atoms with Gasteiger partial charge in [0.15, 0.2) is 0 Å².